The number of phenols is 1. The topological polar surface area (TPSA) is 95.0 Å². The lowest BCUT2D eigenvalue weighted by molar-refractivity contribution is -0.141. The number of aryl methyl sites for hydroxylation is 1. The molecule has 0 radical (unpaired) electrons. The van der Waals surface area contributed by atoms with Crippen LogP contribution in [0.15, 0.2) is 67.0 Å². The molecule has 7 nitrogen and oxygen atoms in total. The minimum absolute atomic E-state index is 0.0490. The highest BCUT2D eigenvalue weighted by Crippen LogP contribution is 2.37. The van der Waals surface area contributed by atoms with Crippen molar-refractivity contribution in [1.29, 1.82) is 5.26 Å². The summed E-state index contributed by atoms with van der Waals surface area (Å²) in [6.07, 6.45) is -2.00. The predicted octanol–water partition coefficient (Wildman–Crippen LogP) is 5.58. The van der Waals surface area contributed by atoms with E-state index in [1.165, 1.54) is 48.6 Å². The van der Waals surface area contributed by atoms with Crippen LogP contribution in [0.2, 0.25) is 5.02 Å². The molecule has 0 fully saturated rings. The van der Waals surface area contributed by atoms with Crippen molar-refractivity contribution in [1.82, 2.24) is 14.8 Å². The standard InChI is InChI=1S/C25H17ClF3N5O2/c1-33-21(10-23(32-33)25(27,28)29)20-7-6-19(9-22(20)35)34(14-15-2-4-18(26)5-3-15)24(36)17-8-16(11-30)12-31-13-17/h2-10,12-13,35H,14H2,1H3. The first-order valence-electron chi connectivity index (χ1n) is 10.4. The second kappa shape index (κ2) is 9.71. The summed E-state index contributed by atoms with van der Waals surface area (Å²) >= 11 is 5.97. The Balaban J connectivity index is 1.75. The van der Waals surface area contributed by atoms with Crippen LogP contribution in [0.1, 0.15) is 27.2 Å². The Morgan fingerprint density at radius 2 is 1.86 bits per heavy atom. The van der Waals surface area contributed by atoms with E-state index >= 15 is 0 Å². The molecule has 0 unspecified atom stereocenters. The molecule has 0 saturated carbocycles. The minimum atomic E-state index is -4.64. The number of alkyl halides is 3. The number of halogens is 4. The number of hydrogen-bond donors (Lipinski definition) is 1. The number of anilines is 1. The lowest BCUT2D eigenvalue weighted by Gasteiger charge is -2.24. The Bertz CT molecular complexity index is 1480. The summed E-state index contributed by atoms with van der Waals surface area (Å²) in [5.41, 5.74) is 0.409. The fourth-order valence-corrected chi connectivity index (χ4v) is 3.71. The van der Waals surface area contributed by atoms with Crippen LogP contribution >= 0.6 is 11.6 Å². The summed E-state index contributed by atoms with van der Waals surface area (Å²) in [6, 6.07) is 15.2. The van der Waals surface area contributed by atoms with Crippen molar-refractivity contribution >= 4 is 23.2 Å². The van der Waals surface area contributed by atoms with E-state index in [9.17, 15) is 28.3 Å². The van der Waals surface area contributed by atoms with Gasteiger partial charge in [-0.25, -0.2) is 0 Å². The van der Waals surface area contributed by atoms with Gasteiger partial charge in [-0.1, -0.05) is 23.7 Å². The number of aromatic hydroxyl groups is 1. The van der Waals surface area contributed by atoms with Crippen LogP contribution in [-0.2, 0) is 19.8 Å². The summed E-state index contributed by atoms with van der Waals surface area (Å²) < 4.78 is 40.3. The molecule has 2 aromatic carbocycles. The van der Waals surface area contributed by atoms with E-state index in [1.807, 2.05) is 6.07 Å². The fraction of sp³-hybridized carbons (Fsp3) is 0.120. The third-order valence-corrected chi connectivity index (χ3v) is 5.60. The molecule has 2 aromatic heterocycles. The average Bonchev–Trinajstić information content (AvgIpc) is 3.25. The molecule has 36 heavy (non-hydrogen) atoms. The summed E-state index contributed by atoms with van der Waals surface area (Å²) in [5, 5.41) is 23.9. The molecule has 1 N–H and O–H groups in total. The highest BCUT2D eigenvalue weighted by molar-refractivity contribution is 6.30. The maximum absolute atomic E-state index is 13.4. The van der Waals surface area contributed by atoms with E-state index in [-0.39, 0.29) is 40.4 Å². The Morgan fingerprint density at radius 3 is 2.47 bits per heavy atom. The maximum atomic E-state index is 13.4. The van der Waals surface area contributed by atoms with E-state index < -0.39 is 17.8 Å². The smallest absolute Gasteiger partial charge is 0.435 e. The van der Waals surface area contributed by atoms with Gasteiger partial charge in [0.25, 0.3) is 5.91 Å². The Morgan fingerprint density at radius 1 is 1.14 bits per heavy atom. The van der Waals surface area contributed by atoms with Gasteiger partial charge >= 0.3 is 6.18 Å². The molecule has 182 valence electrons. The van der Waals surface area contributed by atoms with Gasteiger partial charge in [0.15, 0.2) is 5.69 Å². The molecule has 4 rings (SSSR count). The van der Waals surface area contributed by atoms with Crippen LogP contribution in [0.4, 0.5) is 18.9 Å². The number of pyridine rings is 1. The molecule has 4 aromatic rings. The normalized spacial score (nSPS) is 11.2. The van der Waals surface area contributed by atoms with Gasteiger partial charge in [-0.05, 0) is 42.0 Å². The van der Waals surface area contributed by atoms with Crippen molar-refractivity contribution in [2.45, 2.75) is 12.7 Å². The summed E-state index contributed by atoms with van der Waals surface area (Å²) in [6.45, 7) is 0.0789. The van der Waals surface area contributed by atoms with Gasteiger partial charge in [0.2, 0.25) is 0 Å². The molecular formula is C25H17ClF3N5O2. The summed E-state index contributed by atoms with van der Waals surface area (Å²) in [4.78, 5) is 18.7. The highest BCUT2D eigenvalue weighted by atomic mass is 35.5. The molecule has 1 amide bonds. The number of carbonyl (C=O) groups excluding carboxylic acids is 1. The van der Waals surface area contributed by atoms with Gasteiger partial charge in [-0.15, -0.1) is 0 Å². The van der Waals surface area contributed by atoms with E-state index in [2.05, 4.69) is 10.1 Å². The van der Waals surface area contributed by atoms with Gasteiger partial charge in [-0.2, -0.15) is 23.5 Å². The second-order valence-electron chi connectivity index (χ2n) is 7.83. The number of benzene rings is 2. The lowest BCUT2D eigenvalue weighted by Crippen LogP contribution is -2.30. The number of carbonyl (C=O) groups is 1. The predicted molar refractivity (Wildman–Crippen MR) is 126 cm³/mol. The molecule has 0 atom stereocenters. The van der Waals surface area contributed by atoms with Crippen molar-refractivity contribution < 1.29 is 23.1 Å². The van der Waals surface area contributed by atoms with Crippen molar-refractivity contribution in [3.05, 3.63) is 94.4 Å². The number of nitrogens with zero attached hydrogens (tertiary/aromatic N) is 5. The zero-order chi connectivity index (χ0) is 26.0. The first-order chi connectivity index (χ1) is 17.1. The van der Waals surface area contributed by atoms with Crippen LogP contribution in [0, 0.1) is 11.3 Å². The summed E-state index contributed by atoms with van der Waals surface area (Å²) in [5.74, 6) is -0.844. The molecule has 0 saturated heterocycles. The van der Waals surface area contributed by atoms with E-state index in [4.69, 9.17) is 11.6 Å². The molecule has 0 spiro atoms. The molecule has 0 bridgehead atoms. The third kappa shape index (κ3) is 5.16. The molecule has 0 aliphatic rings. The van der Waals surface area contributed by atoms with Crippen molar-refractivity contribution in [2.75, 3.05) is 4.90 Å². The van der Waals surface area contributed by atoms with Crippen molar-refractivity contribution in [2.24, 2.45) is 7.05 Å². The quantitative estimate of drug-likeness (QED) is 0.377. The van der Waals surface area contributed by atoms with E-state index in [0.29, 0.717) is 5.02 Å². The van der Waals surface area contributed by atoms with Crippen molar-refractivity contribution in [3.8, 4) is 23.1 Å². The molecule has 2 heterocycles. The Labute approximate surface area is 208 Å². The van der Waals surface area contributed by atoms with E-state index in [1.54, 1.807) is 24.3 Å². The number of nitriles is 1. The first kappa shape index (κ1) is 24.8. The maximum Gasteiger partial charge on any atom is 0.435 e. The van der Waals surface area contributed by atoms with Gasteiger partial charge < -0.3 is 10.0 Å². The monoisotopic (exact) mass is 511 g/mol. The minimum Gasteiger partial charge on any atom is -0.507 e. The Kier molecular flexibility index (Phi) is 6.68. The number of amides is 1. The summed E-state index contributed by atoms with van der Waals surface area (Å²) in [7, 11) is 1.34. The zero-order valence-corrected chi connectivity index (χ0v) is 19.4. The third-order valence-electron chi connectivity index (χ3n) is 5.35. The van der Waals surface area contributed by atoms with Crippen LogP contribution in [-0.4, -0.2) is 25.8 Å². The van der Waals surface area contributed by atoms with E-state index in [0.717, 1.165) is 16.3 Å². The number of rotatable bonds is 5. The van der Waals surface area contributed by atoms with Crippen molar-refractivity contribution in [3.63, 3.8) is 0 Å². The van der Waals surface area contributed by atoms with Gasteiger partial charge in [-0.3, -0.25) is 14.5 Å². The van der Waals surface area contributed by atoms with Crippen LogP contribution in [0.5, 0.6) is 5.75 Å². The van der Waals surface area contributed by atoms with Gasteiger partial charge in [0.1, 0.15) is 11.8 Å². The number of aromatic nitrogens is 3. The van der Waals surface area contributed by atoms with Crippen LogP contribution < -0.4 is 4.90 Å². The largest absolute Gasteiger partial charge is 0.507 e. The average molecular weight is 512 g/mol. The molecule has 0 aliphatic carbocycles. The second-order valence-corrected chi connectivity index (χ2v) is 8.27. The first-order valence-corrected chi connectivity index (χ1v) is 10.8. The number of phenolic OH excluding ortho intramolecular Hbond substituents is 1. The van der Waals surface area contributed by atoms with Gasteiger partial charge in [0.05, 0.1) is 23.4 Å². The molecule has 0 aliphatic heterocycles. The van der Waals surface area contributed by atoms with Crippen LogP contribution in [0.3, 0.4) is 0 Å². The Hall–Kier alpha value is -4.36. The highest BCUT2D eigenvalue weighted by Gasteiger charge is 2.35. The lowest BCUT2D eigenvalue weighted by atomic mass is 10.1. The molecular weight excluding hydrogens is 495 g/mol. The molecule has 11 heteroatoms. The number of hydrogen-bond acceptors (Lipinski definition) is 5. The SMILES string of the molecule is Cn1nc(C(F)(F)F)cc1-c1ccc(N(Cc2ccc(Cl)cc2)C(=O)c2cncc(C#N)c2)cc1O. The fourth-order valence-electron chi connectivity index (χ4n) is 3.59. The zero-order valence-electron chi connectivity index (χ0n) is 18.7. The van der Waals surface area contributed by atoms with Crippen LogP contribution in [0.25, 0.3) is 11.3 Å². The van der Waals surface area contributed by atoms with Gasteiger partial charge in [0, 0.05) is 41.8 Å².